The molecule has 0 spiro atoms. The van der Waals surface area contributed by atoms with Crippen LogP contribution in [0.25, 0.3) is 11.1 Å². The van der Waals surface area contributed by atoms with E-state index >= 15 is 0 Å². The summed E-state index contributed by atoms with van der Waals surface area (Å²) in [5, 5.41) is 4.46. The number of pyridine rings is 1. The van der Waals surface area contributed by atoms with Crippen LogP contribution >= 0.6 is 0 Å². The molecule has 0 amide bonds. The number of esters is 1. The van der Waals surface area contributed by atoms with Crippen molar-refractivity contribution in [3.8, 4) is 5.75 Å². The number of rotatable bonds is 5. The molecule has 0 N–H and O–H groups in total. The second-order valence-electron chi connectivity index (χ2n) is 6.36. The highest BCUT2D eigenvalue weighted by Gasteiger charge is 2.29. The minimum atomic E-state index is -0.512. The summed E-state index contributed by atoms with van der Waals surface area (Å²) in [7, 11) is 1.39. The Bertz CT molecular complexity index is 995. The molecule has 0 atom stereocenters. The molecule has 0 bridgehead atoms. The summed E-state index contributed by atoms with van der Waals surface area (Å²) < 4.78 is 29.3. The third kappa shape index (κ3) is 3.00. The van der Waals surface area contributed by atoms with E-state index in [1.165, 1.54) is 19.2 Å². The Kier molecular flexibility index (Phi) is 4.06. The average molecular weight is 356 g/mol. The number of hydrogen-bond acceptors (Lipinski definition) is 6. The molecular formula is C19H17FN2O4. The van der Waals surface area contributed by atoms with Gasteiger partial charge in [-0.3, -0.25) is 0 Å². The molecule has 2 heterocycles. The van der Waals surface area contributed by atoms with Gasteiger partial charge in [0.25, 0.3) is 5.71 Å². The first-order chi connectivity index (χ1) is 12.6. The predicted molar refractivity (Wildman–Crippen MR) is 90.6 cm³/mol. The number of benzene rings is 1. The van der Waals surface area contributed by atoms with Gasteiger partial charge in [-0.1, -0.05) is 11.2 Å². The van der Waals surface area contributed by atoms with Gasteiger partial charge in [-0.25, -0.2) is 14.2 Å². The maximum atomic E-state index is 13.8. The molecule has 7 heteroatoms. The number of methoxy groups -OCH3 is 1. The molecule has 1 saturated carbocycles. The molecule has 26 heavy (non-hydrogen) atoms. The van der Waals surface area contributed by atoms with Crippen molar-refractivity contribution in [1.82, 2.24) is 10.1 Å². The summed E-state index contributed by atoms with van der Waals surface area (Å²) >= 11 is 0. The van der Waals surface area contributed by atoms with E-state index in [2.05, 4.69) is 10.1 Å². The van der Waals surface area contributed by atoms with Crippen LogP contribution in [0.2, 0.25) is 0 Å². The summed E-state index contributed by atoms with van der Waals surface area (Å²) in [6.07, 6.45) is 2.09. The molecule has 6 nitrogen and oxygen atoms in total. The van der Waals surface area contributed by atoms with Crippen molar-refractivity contribution in [3.05, 3.63) is 52.6 Å². The van der Waals surface area contributed by atoms with Crippen molar-refractivity contribution < 1.29 is 23.2 Å². The number of hydrogen-bond donors (Lipinski definition) is 0. The maximum absolute atomic E-state index is 13.8. The summed E-state index contributed by atoms with van der Waals surface area (Å²) in [5.41, 5.74) is 2.65. The van der Waals surface area contributed by atoms with Gasteiger partial charge in [0.2, 0.25) is 0 Å². The first-order valence-corrected chi connectivity index (χ1v) is 8.33. The van der Waals surface area contributed by atoms with Gasteiger partial charge < -0.3 is 14.0 Å². The Labute approximate surface area is 148 Å². The molecule has 1 aliphatic rings. The highest BCUT2D eigenvalue weighted by molar-refractivity contribution is 6.03. The normalized spacial score (nSPS) is 13.8. The van der Waals surface area contributed by atoms with Crippen molar-refractivity contribution in [2.24, 2.45) is 0 Å². The van der Waals surface area contributed by atoms with Crippen molar-refractivity contribution in [3.63, 3.8) is 0 Å². The fourth-order valence-corrected chi connectivity index (χ4v) is 2.89. The number of ether oxygens (including phenoxy) is 2. The highest BCUT2D eigenvalue weighted by Crippen LogP contribution is 2.40. The van der Waals surface area contributed by atoms with Crippen molar-refractivity contribution in [1.29, 1.82) is 0 Å². The molecule has 0 unspecified atom stereocenters. The molecule has 1 aliphatic carbocycles. The Morgan fingerprint density at radius 2 is 2.15 bits per heavy atom. The number of nitrogens with zero attached hydrogens (tertiary/aromatic N) is 2. The van der Waals surface area contributed by atoms with Gasteiger partial charge in [0.05, 0.1) is 23.8 Å². The van der Waals surface area contributed by atoms with Gasteiger partial charge >= 0.3 is 5.97 Å². The van der Waals surface area contributed by atoms with Gasteiger partial charge in [0, 0.05) is 11.6 Å². The van der Waals surface area contributed by atoms with Crippen LogP contribution in [0.4, 0.5) is 4.39 Å². The van der Waals surface area contributed by atoms with E-state index < -0.39 is 11.8 Å². The monoisotopic (exact) mass is 356 g/mol. The zero-order chi connectivity index (χ0) is 18.3. The largest absolute Gasteiger partial charge is 0.494 e. The third-order valence-electron chi connectivity index (χ3n) is 4.44. The topological polar surface area (TPSA) is 74.5 Å². The summed E-state index contributed by atoms with van der Waals surface area (Å²) in [4.78, 5) is 17.1. The van der Waals surface area contributed by atoms with E-state index in [0.29, 0.717) is 33.8 Å². The van der Waals surface area contributed by atoms with Gasteiger partial charge in [-0.15, -0.1) is 0 Å². The Hall–Kier alpha value is -2.96. The highest BCUT2D eigenvalue weighted by atomic mass is 19.1. The lowest BCUT2D eigenvalue weighted by Gasteiger charge is -2.08. The summed E-state index contributed by atoms with van der Waals surface area (Å²) in [6, 6.07) is 6.19. The van der Waals surface area contributed by atoms with E-state index in [4.69, 9.17) is 14.0 Å². The zero-order valence-electron chi connectivity index (χ0n) is 14.4. The first kappa shape index (κ1) is 16.5. The van der Waals surface area contributed by atoms with Crippen LogP contribution in [-0.2, 0) is 11.3 Å². The van der Waals surface area contributed by atoms with Crippen LogP contribution in [-0.4, -0.2) is 23.2 Å². The molecule has 1 fully saturated rings. The lowest BCUT2D eigenvalue weighted by Crippen LogP contribution is -2.08. The van der Waals surface area contributed by atoms with Crippen LogP contribution in [0, 0.1) is 12.7 Å². The maximum Gasteiger partial charge on any atom is 0.339 e. The smallest absolute Gasteiger partial charge is 0.339 e. The van der Waals surface area contributed by atoms with Gasteiger partial charge in [0.1, 0.15) is 6.61 Å². The van der Waals surface area contributed by atoms with Gasteiger partial charge in [-0.05, 0) is 43.5 Å². The lowest BCUT2D eigenvalue weighted by atomic mass is 10.1. The molecule has 1 aromatic carbocycles. The molecule has 134 valence electrons. The molecule has 3 aromatic rings. The predicted octanol–water partition coefficient (Wildman–Crippen LogP) is 3.91. The Morgan fingerprint density at radius 1 is 1.35 bits per heavy atom. The van der Waals surface area contributed by atoms with E-state index in [1.54, 1.807) is 19.1 Å². The molecule has 0 aliphatic heterocycles. The SMILES string of the molecule is COc1ccc(COC(=O)c2cc(C3CC3)nc3onc(C)c23)cc1F. The Morgan fingerprint density at radius 3 is 2.85 bits per heavy atom. The summed E-state index contributed by atoms with van der Waals surface area (Å²) in [5.74, 6) is -0.516. The number of fused-ring (bicyclic) bond motifs is 1. The van der Waals surface area contributed by atoms with E-state index in [1.807, 2.05) is 0 Å². The van der Waals surface area contributed by atoms with Crippen LogP contribution in [0.3, 0.4) is 0 Å². The number of carbonyl (C=O) groups is 1. The zero-order valence-corrected chi connectivity index (χ0v) is 14.4. The Balaban J connectivity index is 1.59. The fraction of sp³-hybridized carbons (Fsp3) is 0.316. The first-order valence-electron chi connectivity index (χ1n) is 8.33. The average Bonchev–Trinajstić information content (AvgIpc) is 3.43. The minimum absolute atomic E-state index is 0.0490. The number of carbonyl (C=O) groups excluding carboxylic acids is 1. The van der Waals surface area contributed by atoms with Gasteiger partial charge in [-0.2, -0.15) is 0 Å². The number of aromatic nitrogens is 2. The van der Waals surface area contributed by atoms with Crippen molar-refractivity contribution >= 4 is 17.1 Å². The third-order valence-corrected chi connectivity index (χ3v) is 4.44. The number of halogens is 1. The number of aryl methyl sites for hydroxylation is 1. The summed E-state index contributed by atoms with van der Waals surface area (Å²) in [6.45, 7) is 1.70. The van der Waals surface area contributed by atoms with Crippen LogP contribution in [0.15, 0.2) is 28.8 Å². The fourth-order valence-electron chi connectivity index (χ4n) is 2.89. The molecule has 0 saturated heterocycles. The second-order valence-corrected chi connectivity index (χ2v) is 6.36. The van der Waals surface area contributed by atoms with E-state index in [9.17, 15) is 9.18 Å². The molecule has 4 rings (SSSR count). The lowest BCUT2D eigenvalue weighted by molar-refractivity contribution is 0.0474. The van der Waals surface area contributed by atoms with Gasteiger partial charge in [0.15, 0.2) is 11.6 Å². The molecule has 0 radical (unpaired) electrons. The minimum Gasteiger partial charge on any atom is -0.494 e. The van der Waals surface area contributed by atoms with Crippen LogP contribution in [0.5, 0.6) is 5.75 Å². The second kappa shape index (κ2) is 6.40. The quantitative estimate of drug-likeness (QED) is 0.645. The van der Waals surface area contributed by atoms with E-state index in [0.717, 1.165) is 18.5 Å². The van der Waals surface area contributed by atoms with Crippen molar-refractivity contribution in [2.45, 2.75) is 32.3 Å². The molecular weight excluding hydrogens is 339 g/mol. The standard InChI is InChI=1S/C19H17FN2O4/c1-10-17-13(8-15(12-4-5-12)21-18(17)26-22-10)19(23)25-9-11-3-6-16(24-2)14(20)7-11/h3,6-8,12H,4-5,9H2,1-2H3. The van der Waals surface area contributed by atoms with E-state index in [-0.39, 0.29) is 12.4 Å². The van der Waals surface area contributed by atoms with Crippen LogP contribution in [0.1, 0.15) is 46.1 Å². The molecule has 2 aromatic heterocycles. The van der Waals surface area contributed by atoms with Crippen LogP contribution < -0.4 is 4.74 Å². The van der Waals surface area contributed by atoms with Crippen molar-refractivity contribution in [2.75, 3.05) is 7.11 Å².